The number of anilines is 1. The highest BCUT2D eigenvalue weighted by atomic mass is 35.5. The molecule has 0 saturated carbocycles. The Bertz CT molecular complexity index is 681. The van der Waals surface area contributed by atoms with E-state index in [4.69, 9.17) is 23.2 Å². The van der Waals surface area contributed by atoms with Gasteiger partial charge in [0.25, 0.3) is 0 Å². The van der Waals surface area contributed by atoms with Crippen LogP contribution in [0.4, 0.5) is 5.69 Å². The Balaban J connectivity index is 1.68. The lowest BCUT2D eigenvalue weighted by molar-refractivity contribution is -0.117. The first-order valence-electron chi connectivity index (χ1n) is 7.10. The van der Waals surface area contributed by atoms with E-state index in [1.165, 1.54) is 10.4 Å². The first-order chi connectivity index (χ1) is 10.6. The molecule has 3 nitrogen and oxygen atoms in total. The Morgan fingerprint density at radius 2 is 2.09 bits per heavy atom. The number of halogens is 2. The molecule has 1 atom stereocenters. The number of thiophene rings is 1. The quantitative estimate of drug-likeness (QED) is 0.872. The van der Waals surface area contributed by atoms with Crippen LogP contribution in [0.1, 0.15) is 23.4 Å². The lowest BCUT2D eigenvalue weighted by Gasteiger charge is -2.33. The van der Waals surface area contributed by atoms with Crippen molar-refractivity contribution in [2.24, 2.45) is 0 Å². The molecule has 2 heterocycles. The van der Waals surface area contributed by atoms with E-state index in [2.05, 4.69) is 28.6 Å². The summed E-state index contributed by atoms with van der Waals surface area (Å²) in [6.07, 6.45) is 0.997. The smallest absolute Gasteiger partial charge is 0.238 e. The largest absolute Gasteiger partial charge is 0.322 e. The standard InChI is InChI=1S/C16H16Cl2N2OS/c1-10-11-6-8-22-14(11)5-7-20(10)9-15(21)19-16-12(17)3-2-4-13(16)18/h2-4,6,8,10H,5,7,9H2,1H3,(H,19,21)/t10-/m0/s1. The van der Waals surface area contributed by atoms with E-state index < -0.39 is 0 Å². The highest BCUT2D eigenvalue weighted by molar-refractivity contribution is 7.10. The maximum Gasteiger partial charge on any atom is 0.238 e. The van der Waals surface area contributed by atoms with Crippen LogP contribution in [-0.2, 0) is 11.2 Å². The van der Waals surface area contributed by atoms with Crippen LogP contribution in [0.15, 0.2) is 29.6 Å². The highest BCUT2D eigenvalue weighted by Gasteiger charge is 2.26. The van der Waals surface area contributed by atoms with Crippen molar-refractivity contribution in [3.05, 3.63) is 50.1 Å². The third-order valence-electron chi connectivity index (χ3n) is 3.98. The highest BCUT2D eigenvalue weighted by Crippen LogP contribution is 2.33. The third-order valence-corrected chi connectivity index (χ3v) is 5.60. The van der Waals surface area contributed by atoms with E-state index in [0.717, 1.165) is 13.0 Å². The number of para-hydroxylation sites is 1. The second-order valence-electron chi connectivity index (χ2n) is 5.34. The molecular weight excluding hydrogens is 339 g/mol. The lowest BCUT2D eigenvalue weighted by Crippen LogP contribution is -2.39. The van der Waals surface area contributed by atoms with Gasteiger partial charge in [0.2, 0.25) is 5.91 Å². The molecule has 1 aliphatic heterocycles. The molecule has 0 spiro atoms. The van der Waals surface area contributed by atoms with Crippen molar-refractivity contribution in [2.45, 2.75) is 19.4 Å². The van der Waals surface area contributed by atoms with Crippen LogP contribution >= 0.6 is 34.5 Å². The molecule has 0 fully saturated rings. The summed E-state index contributed by atoms with van der Waals surface area (Å²) < 4.78 is 0. The number of rotatable bonds is 3. The van der Waals surface area contributed by atoms with Gasteiger partial charge in [-0.15, -0.1) is 11.3 Å². The predicted molar refractivity (Wildman–Crippen MR) is 93.1 cm³/mol. The summed E-state index contributed by atoms with van der Waals surface area (Å²) in [5, 5.41) is 5.84. The van der Waals surface area contributed by atoms with Gasteiger partial charge >= 0.3 is 0 Å². The van der Waals surface area contributed by atoms with Crippen LogP contribution in [0.2, 0.25) is 10.0 Å². The number of benzene rings is 1. The van der Waals surface area contributed by atoms with Crippen molar-refractivity contribution < 1.29 is 4.79 Å². The molecular formula is C16H16Cl2N2OS. The van der Waals surface area contributed by atoms with Gasteiger partial charge in [-0.1, -0.05) is 29.3 Å². The van der Waals surface area contributed by atoms with Crippen LogP contribution in [0.5, 0.6) is 0 Å². The summed E-state index contributed by atoms with van der Waals surface area (Å²) >= 11 is 14.0. The maximum absolute atomic E-state index is 12.3. The third kappa shape index (κ3) is 3.15. The number of amides is 1. The van der Waals surface area contributed by atoms with Gasteiger partial charge in [-0.25, -0.2) is 0 Å². The molecule has 0 bridgehead atoms. The Labute approximate surface area is 143 Å². The summed E-state index contributed by atoms with van der Waals surface area (Å²) in [6.45, 7) is 3.36. The molecule has 1 aliphatic rings. The molecule has 3 rings (SSSR count). The molecule has 1 aromatic heterocycles. The predicted octanol–water partition coefficient (Wildman–Crippen LogP) is 4.61. The van der Waals surface area contributed by atoms with Crippen molar-refractivity contribution in [3.63, 3.8) is 0 Å². The first-order valence-corrected chi connectivity index (χ1v) is 8.74. The van der Waals surface area contributed by atoms with Crippen molar-refractivity contribution >= 4 is 46.1 Å². The van der Waals surface area contributed by atoms with E-state index in [1.807, 2.05) is 0 Å². The van der Waals surface area contributed by atoms with Crippen LogP contribution in [0.3, 0.4) is 0 Å². The summed E-state index contributed by atoms with van der Waals surface area (Å²) in [5.41, 5.74) is 1.82. The van der Waals surface area contributed by atoms with Gasteiger partial charge in [-0.3, -0.25) is 9.69 Å². The van der Waals surface area contributed by atoms with Crippen LogP contribution in [0, 0.1) is 0 Å². The average molecular weight is 355 g/mol. The first kappa shape index (κ1) is 15.8. The molecule has 6 heteroatoms. The monoisotopic (exact) mass is 354 g/mol. The van der Waals surface area contributed by atoms with Gasteiger partial charge in [-0.05, 0) is 42.5 Å². The molecule has 1 N–H and O–H groups in total. The van der Waals surface area contributed by atoms with E-state index >= 15 is 0 Å². The summed E-state index contributed by atoms with van der Waals surface area (Å²) in [5.74, 6) is -0.0967. The molecule has 1 amide bonds. The Kier molecular flexibility index (Phi) is 4.73. The number of nitrogens with one attached hydrogen (secondary N) is 1. The Morgan fingerprint density at radius 3 is 2.82 bits per heavy atom. The second-order valence-corrected chi connectivity index (χ2v) is 7.16. The number of hydrogen-bond acceptors (Lipinski definition) is 3. The van der Waals surface area contributed by atoms with Gasteiger partial charge in [0.15, 0.2) is 0 Å². The summed E-state index contributed by atoms with van der Waals surface area (Å²) in [7, 11) is 0. The van der Waals surface area contributed by atoms with Gasteiger partial charge in [0.05, 0.1) is 22.3 Å². The summed E-state index contributed by atoms with van der Waals surface area (Å²) in [6, 6.07) is 7.58. The Morgan fingerprint density at radius 1 is 1.36 bits per heavy atom. The molecule has 116 valence electrons. The van der Waals surface area contributed by atoms with Crippen molar-refractivity contribution in [3.8, 4) is 0 Å². The zero-order valence-electron chi connectivity index (χ0n) is 12.1. The molecule has 0 saturated heterocycles. The molecule has 0 unspecified atom stereocenters. The van der Waals surface area contributed by atoms with Crippen LogP contribution in [0.25, 0.3) is 0 Å². The fraction of sp³-hybridized carbons (Fsp3) is 0.312. The summed E-state index contributed by atoms with van der Waals surface area (Å²) in [4.78, 5) is 15.9. The molecule has 0 radical (unpaired) electrons. The van der Waals surface area contributed by atoms with Gasteiger partial charge in [0, 0.05) is 17.5 Å². The molecule has 0 aliphatic carbocycles. The minimum Gasteiger partial charge on any atom is -0.322 e. The average Bonchev–Trinajstić information content (AvgIpc) is 2.95. The van der Waals surface area contributed by atoms with E-state index in [9.17, 15) is 4.79 Å². The number of hydrogen-bond donors (Lipinski definition) is 1. The molecule has 1 aromatic carbocycles. The van der Waals surface area contributed by atoms with Crippen LogP contribution in [-0.4, -0.2) is 23.9 Å². The van der Waals surface area contributed by atoms with Gasteiger partial charge < -0.3 is 5.32 Å². The minimum atomic E-state index is -0.0967. The second kappa shape index (κ2) is 6.59. The maximum atomic E-state index is 12.3. The topological polar surface area (TPSA) is 32.3 Å². The fourth-order valence-electron chi connectivity index (χ4n) is 2.76. The minimum absolute atomic E-state index is 0.0967. The molecule has 2 aromatic rings. The normalized spacial score (nSPS) is 18.0. The number of carbonyl (C=O) groups is 1. The van der Waals surface area contributed by atoms with E-state index in [-0.39, 0.29) is 11.9 Å². The Hall–Kier alpha value is -1.07. The van der Waals surface area contributed by atoms with Gasteiger partial charge in [-0.2, -0.15) is 0 Å². The number of fused-ring (bicyclic) bond motifs is 1. The van der Waals surface area contributed by atoms with Crippen molar-refractivity contribution in [1.29, 1.82) is 0 Å². The lowest BCUT2D eigenvalue weighted by atomic mass is 10.0. The fourth-order valence-corrected chi connectivity index (χ4v) is 4.21. The number of nitrogens with zero attached hydrogens (tertiary/aromatic N) is 1. The van der Waals surface area contributed by atoms with Crippen molar-refractivity contribution in [2.75, 3.05) is 18.4 Å². The SMILES string of the molecule is C[C@H]1c2ccsc2CCN1CC(=O)Nc1c(Cl)cccc1Cl. The zero-order valence-corrected chi connectivity index (χ0v) is 14.4. The van der Waals surface area contributed by atoms with E-state index in [0.29, 0.717) is 22.3 Å². The zero-order chi connectivity index (χ0) is 15.7. The van der Waals surface area contributed by atoms with Gasteiger partial charge in [0.1, 0.15) is 0 Å². The molecule has 22 heavy (non-hydrogen) atoms. The van der Waals surface area contributed by atoms with E-state index in [1.54, 1.807) is 29.5 Å². The van der Waals surface area contributed by atoms with Crippen molar-refractivity contribution in [1.82, 2.24) is 4.90 Å². The number of carbonyl (C=O) groups excluding carboxylic acids is 1. The van der Waals surface area contributed by atoms with Crippen LogP contribution < -0.4 is 5.32 Å².